The molecule has 0 radical (unpaired) electrons. The summed E-state index contributed by atoms with van der Waals surface area (Å²) in [6, 6.07) is 5.02. The van der Waals surface area contributed by atoms with Crippen molar-refractivity contribution in [2.24, 2.45) is 7.05 Å². The monoisotopic (exact) mass is 374 g/mol. The Labute approximate surface area is 157 Å². The third-order valence-electron chi connectivity index (χ3n) is 5.32. The van der Waals surface area contributed by atoms with Crippen LogP contribution in [0.5, 0.6) is 0 Å². The topological polar surface area (TPSA) is 96.6 Å². The summed E-state index contributed by atoms with van der Waals surface area (Å²) in [6.45, 7) is 1.53. The molecule has 146 valence electrons. The normalized spacial score (nSPS) is 16.5. The van der Waals surface area contributed by atoms with E-state index in [4.69, 9.17) is 0 Å². The zero-order valence-corrected chi connectivity index (χ0v) is 15.7. The van der Waals surface area contributed by atoms with Crippen molar-refractivity contribution in [3.05, 3.63) is 28.7 Å². The summed E-state index contributed by atoms with van der Waals surface area (Å²) in [5.74, 6) is -0.291. The first-order valence-corrected chi connectivity index (χ1v) is 9.27. The zero-order chi connectivity index (χ0) is 19.6. The van der Waals surface area contributed by atoms with Crippen molar-refractivity contribution in [2.45, 2.75) is 37.8 Å². The Balaban J connectivity index is 2.04. The van der Waals surface area contributed by atoms with Gasteiger partial charge < -0.3 is 20.1 Å². The second-order valence-electron chi connectivity index (χ2n) is 6.98. The van der Waals surface area contributed by atoms with E-state index in [1.165, 1.54) is 16.2 Å². The molecule has 1 atom stereocenters. The minimum Gasteiger partial charge on any atom is -0.393 e. The van der Waals surface area contributed by atoms with Crippen molar-refractivity contribution < 1.29 is 14.7 Å². The van der Waals surface area contributed by atoms with Crippen LogP contribution in [-0.2, 0) is 16.6 Å². The van der Waals surface area contributed by atoms with Crippen LogP contribution >= 0.6 is 0 Å². The van der Waals surface area contributed by atoms with E-state index in [2.05, 4.69) is 10.2 Å². The van der Waals surface area contributed by atoms with E-state index in [-0.39, 0.29) is 30.5 Å². The Bertz CT molecular complexity index is 893. The van der Waals surface area contributed by atoms with Gasteiger partial charge in [-0.3, -0.25) is 13.9 Å². The van der Waals surface area contributed by atoms with Crippen molar-refractivity contribution in [3.8, 4) is 0 Å². The minimum absolute atomic E-state index is 0.203. The molecule has 0 spiro atoms. The van der Waals surface area contributed by atoms with E-state index in [0.29, 0.717) is 5.52 Å². The van der Waals surface area contributed by atoms with Crippen LogP contribution in [-0.4, -0.2) is 52.7 Å². The van der Waals surface area contributed by atoms with Gasteiger partial charge in [0.1, 0.15) is 12.3 Å². The molecular formula is C19H26N4O4. The van der Waals surface area contributed by atoms with Gasteiger partial charge in [-0.15, -0.1) is 0 Å². The van der Waals surface area contributed by atoms with Gasteiger partial charge in [0.2, 0.25) is 5.91 Å². The average Bonchev–Trinajstić information content (AvgIpc) is 2.93. The highest BCUT2D eigenvalue weighted by atomic mass is 16.3. The van der Waals surface area contributed by atoms with Crippen molar-refractivity contribution in [1.29, 1.82) is 0 Å². The van der Waals surface area contributed by atoms with Crippen LogP contribution in [0.25, 0.3) is 11.0 Å². The number of rotatable bonds is 6. The fraction of sp³-hybridized carbons (Fsp3) is 0.526. The predicted molar refractivity (Wildman–Crippen MR) is 103 cm³/mol. The smallest absolute Gasteiger partial charge is 0.329 e. The molecule has 1 saturated heterocycles. The molecule has 2 N–H and O–H groups in total. The number of aromatic nitrogens is 2. The molecule has 1 unspecified atom stereocenters. The summed E-state index contributed by atoms with van der Waals surface area (Å²) in [6.07, 6.45) is 2.43. The first-order valence-electron chi connectivity index (χ1n) is 9.27. The summed E-state index contributed by atoms with van der Waals surface area (Å²) < 4.78 is 3.01. The quantitative estimate of drug-likeness (QED) is 0.721. The second-order valence-corrected chi connectivity index (χ2v) is 6.98. The van der Waals surface area contributed by atoms with E-state index in [1.54, 1.807) is 7.05 Å². The van der Waals surface area contributed by atoms with Gasteiger partial charge in [0, 0.05) is 39.3 Å². The lowest BCUT2D eigenvalue weighted by Crippen LogP contribution is -2.36. The summed E-state index contributed by atoms with van der Waals surface area (Å²) in [5, 5.41) is 12.3. The Morgan fingerprint density at radius 1 is 1.33 bits per heavy atom. The van der Waals surface area contributed by atoms with Crippen molar-refractivity contribution in [2.75, 3.05) is 25.0 Å². The number of nitrogens with one attached hydrogen (secondary N) is 1. The number of imidazole rings is 1. The molecule has 0 bridgehead atoms. The van der Waals surface area contributed by atoms with E-state index in [1.807, 2.05) is 18.2 Å². The van der Waals surface area contributed by atoms with E-state index < -0.39 is 6.04 Å². The summed E-state index contributed by atoms with van der Waals surface area (Å²) in [7, 11) is 3.21. The summed E-state index contributed by atoms with van der Waals surface area (Å²) >= 11 is 0. The molecule has 2 aromatic rings. The Morgan fingerprint density at radius 3 is 2.67 bits per heavy atom. The molecule has 1 aliphatic heterocycles. The number of anilines is 1. The SMILES string of the molecule is CNC(=O)C(CCC=O)n1c(=O)n(C)c2cc(N3CCC(O)CC3)ccc21. The Hall–Kier alpha value is -2.61. The molecule has 2 heterocycles. The van der Waals surface area contributed by atoms with Gasteiger partial charge in [-0.2, -0.15) is 0 Å². The van der Waals surface area contributed by atoms with Gasteiger partial charge in [0.05, 0.1) is 17.1 Å². The number of aryl methyl sites for hydroxylation is 1. The third-order valence-corrected chi connectivity index (χ3v) is 5.32. The second kappa shape index (κ2) is 7.96. The van der Waals surface area contributed by atoms with Crippen molar-refractivity contribution >= 4 is 28.9 Å². The lowest BCUT2D eigenvalue weighted by Gasteiger charge is -2.31. The first kappa shape index (κ1) is 19.2. The van der Waals surface area contributed by atoms with Crippen LogP contribution in [0.1, 0.15) is 31.7 Å². The molecule has 8 heteroatoms. The van der Waals surface area contributed by atoms with E-state index >= 15 is 0 Å². The van der Waals surface area contributed by atoms with Crippen LogP contribution in [0.3, 0.4) is 0 Å². The van der Waals surface area contributed by atoms with E-state index in [0.717, 1.165) is 43.4 Å². The van der Waals surface area contributed by atoms with E-state index in [9.17, 15) is 19.5 Å². The maximum Gasteiger partial charge on any atom is 0.329 e. The van der Waals surface area contributed by atoms with Crippen LogP contribution in [0.4, 0.5) is 5.69 Å². The molecular weight excluding hydrogens is 348 g/mol. The molecule has 1 aliphatic rings. The molecule has 0 aliphatic carbocycles. The fourth-order valence-corrected chi connectivity index (χ4v) is 3.74. The third kappa shape index (κ3) is 3.62. The molecule has 1 aromatic heterocycles. The minimum atomic E-state index is -0.729. The number of hydrogen-bond donors (Lipinski definition) is 2. The van der Waals surface area contributed by atoms with Crippen molar-refractivity contribution in [1.82, 2.24) is 14.5 Å². The van der Waals surface area contributed by atoms with Gasteiger partial charge in [0.15, 0.2) is 0 Å². The summed E-state index contributed by atoms with van der Waals surface area (Å²) in [5.41, 5.74) is 2.12. The Kier molecular flexibility index (Phi) is 5.65. The number of aliphatic hydroxyl groups excluding tert-OH is 1. The van der Waals surface area contributed by atoms with Gasteiger partial charge in [0.25, 0.3) is 0 Å². The lowest BCUT2D eigenvalue weighted by molar-refractivity contribution is -0.124. The highest BCUT2D eigenvalue weighted by Crippen LogP contribution is 2.26. The number of carbonyl (C=O) groups excluding carboxylic acids is 2. The standard InChI is InChI=1S/C19H26N4O4/c1-20-18(26)16(4-3-11-24)23-15-6-5-13(12-17(15)21(2)19(23)27)22-9-7-14(25)8-10-22/h5-6,11-12,14,16,25H,3-4,7-10H2,1-2H3,(H,20,26). The molecule has 1 fully saturated rings. The maximum atomic E-state index is 12.9. The fourth-order valence-electron chi connectivity index (χ4n) is 3.74. The largest absolute Gasteiger partial charge is 0.393 e. The van der Waals surface area contributed by atoms with Gasteiger partial charge >= 0.3 is 5.69 Å². The molecule has 1 aromatic carbocycles. The number of benzene rings is 1. The predicted octanol–water partition coefficient (Wildman–Crippen LogP) is 0.567. The number of likely N-dealkylation sites (N-methyl/N-ethyl adjacent to an activating group) is 1. The highest BCUT2D eigenvalue weighted by Gasteiger charge is 2.25. The van der Waals surface area contributed by atoms with Gasteiger partial charge in [-0.25, -0.2) is 4.79 Å². The molecule has 3 rings (SSSR count). The Morgan fingerprint density at radius 2 is 2.04 bits per heavy atom. The van der Waals surface area contributed by atoms with Crippen LogP contribution in [0.2, 0.25) is 0 Å². The lowest BCUT2D eigenvalue weighted by atomic mass is 10.1. The van der Waals surface area contributed by atoms with Crippen LogP contribution < -0.4 is 15.9 Å². The molecule has 1 amide bonds. The number of aldehydes is 1. The number of carbonyl (C=O) groups is 2. The number of aliphatic hydroxyl groups is 1. The number of piperidine rings is 1. The number of hydrogen-bond acceptors (Lipinski definition) is 5. The van der Waals surface area contributed by atoms with Crippen LogP contribution in [0, 0.1) is 0 Å². The van der Waals surface area contributed by atoms with Crippen LogP contribution in [0.15, 0.2) is 23.0 Å². The van der Waals surface area contributed by atoms with Gasteiger partial charge in [-0.1, -0.05) is 0 Å². The number of amides is 1. The number of nitrogens with zero attached hydrogens (tertiary/aromatic N) is 3. The molecule has 8 nitrogen and oxygen atoms in total. The highest BCUT2D eigenvalue weighted by molar-refractivity contribution is 5.85. The molecule has 0 saturated carbocycles. The molecule has 27 heavy (non-hydrogen) atoms. The zero-order valence-electron chi connectivity index (χ0n) is 15.7. The average molecular weight is 374 g/mol. The summed E-state index contributed by atoms with van der Waals surface area (Å²) in [4.78, 5) is 38.2. The maximum absolute atomic E-state index is 12.9. The van der Waals surface area contributed by atoms with Crippen molar-refractivity contribution in [3.63, 3.8) is 0 Å². The first-order chi connectivity index (χ1) is 13.0. The number of fused-ring (bicyclic) bond motifs is 1. The van der Waals surface area contributed by atoms with Gasteiger partial charge in [-0.05, 0) is 37.5 Å².